The molecule has 1 heterocycles. The number of benzene rings is 1. The van der Waals surface area contributed by atoms with Gasteiger partial charge in [-0.1, -0.05) is 30.7 Å². The Morgan fingerprint density at radius 2 is 2.33 bits per heavy atom. The normalized spacial score (nSPS) is 20.5. The third kappa shape index (κ3) is 3.44. The van der Waals surface area contributed by atoms with E-state index in [9.17, 15) is 4.39 Å². The van der Waals surface area contributed by atoms with Crippen LogP contribution < -0.4 is 5.32 Å². The number of nitrogens with zero attached hydrogens (tertiary/aromatic N) is 1. The molecule has 1 unspecified atom stereocenters. The molecule has 2 rings (SSSR count). The van der Waals surface area contributed by atoms with Crippen molar-refractivity contribution in [1.29, 1.82) is 0 Å². The number of nitrogens with one attached hydrogen (secondary N) is 1. The van der Waals surface area contributed by atoms with E-state index in [4.69, 9.17) is 11.6 Å². The lowest BCUT2D eigenvalue weighted by atomic mass is 10.1. The second-order valence-electron chi connectivity index (χ2n) is 4.89. The van der Waals surface area contributed by atoms with Crippen LogP contribution in [0.2, 0.25) is 5.02 Å². The molecule has 1 saturated heterocycles. The van der Waals surface area contributed by atoms with Crippen molar-refractivity contribution in [3.63, 3.8) is 0 Å². The third-order valence-electron chi connectivity index (χ3n) is 3.60. The highest BCUT2D eigenvalue weighted by Gasteiger charge is 2.20. The average Bonchev–Trinajstić information content (AvgIpc) is 2.82. The summed E-state index contributed by atoms with van der Waals surface area (Å²) in [5, 5.41) is 3.53. The highest BCUT2D eigenvalue weighted by Crippen LogP contribution is 2.18. The van der Waals surface area contributed by atoms with Crippen molar-refractivity contribution in [3.05, 3.63) is 34.6 Å². The van der Waals surface area contributed by atoms with Gasteiger partial charge >= 0.3 is 0 Å². The third-order valence-corrected chi connectivity index (χ3v) is 3.89. The maximum atomic E-state index is 13.6. The molecule has 1 aromatic rings. The van der Waals surface area contributed by atoms with Crippen molar-refractivity contribution in [1.82, 2.24) is 10.2 Å². The molecular formula is C14H20ClFN2. The zero-order valence-electron chi connectivity index (χ0n) is 10.8. The lowest BCUT2D eigenvalue weighted by Crippen LogP contribution is -2.26. The van der Waals surface area contributed by atoms with Crippen molar-refractivity contribution in [2.75, 3.05) is 26.2 Å². The number of rotatable bonds is 5. The molecule has 0 radical (unpaired) electrons. The lowest BCUT2D eigenvalue weighted by Gasteiger charge is -2.14. The standard InChI is InChI=1S/C14H20ClFN2/c1-2-18-7-6-11(10-18)8-17-9-12-4-3-5-13(15)14(12)16/h3-5,11,17H,2,6-10H2,1H3. The molecule has 0 saturated carbocycles. The fourth-order valence-corrected chi connectivity index (χ4v) is 2.66. The van der Waals surface area contributed by atoms with Gasteiger partial charge in [-0.3, -0.25) is 0 Å². The molecule has 0 amide bonds. The summed E-state index contributed by atoms with van der Waals surface area (Å²) < 4.78 is 13.6. The van der Waals surface area contributed by atoms with Crippen LogP contribution in [0.15, 0.2) is 18.2 Å². The zero-order chi connectivity index (χ0) is 13.0. The quantitative estimate of drug-likeness (QED) is 0.885. The van der Waals surface area contributed by atoms with Crippen molar-refractivity contribution in [2.24, 2.45) is 5.92 Å². The summed E-state index contributed by atoms with van der Waals surface area (Å²) in [6.45, 7) is 7.16. The second kappa shape index (κ2) is 6.50. The number of hydrogen-bond acceptors (Lipinski definition) is 2. The van der Waals surface area contributed by atoms with E-state index in [1.165, 1.54) is 13.0 Å². The van der Waals surface area contributed by atoms with Crippen LogP contribution in [0.5, 0.6) is 0 Å². The Bertz CT molecular complexity index is 397. The van der Waals surface area contributed by atoms with E-state index in [-0.39, 0.29) is 10.8 Å². The lowest BCUT2D eigenvalue weighted by molar-refractivity contribution is 0.338. The SMILES string of the molecule is CCN1CCC(CNCc2cccc(Cl)c2F)C1. The topological polar surface area (TPSA) is 15.3 Å². The minimum absolute atomic E-state index is 0.201. The molecule has 1 N–H and O–H groups in total. The molecule has 18 heavy (non-hydrogen) atoms. The first-order valence-corrected chi connectivity index (χ1v) is 6.94. The van der Waals surface area contributed by atoms with Gasteiger partial charge in [0.2, 0.25) is 0 Å². The summed E-state index contributed by atoms with van der Waals surface area (Å²) in [6, 6.07) is 5.15. The van der Waals surface area contributed by atoms with Gasteiger partial charge in [-0.05, 0) is 38.0 Å². The van der Waals surface area contributed by atoms with Crippen LogP contribution in [0.1, 0.15) is 18.9 Å². The Morgan fingerprint density at radius 3 is 3.06 bits per heavy atom. The minimum atomic E-state index is -0.298. The first kappa shape index (κ1) is 13.8. The van der Waals surface area contributed by atoms with Crippen molar-refractivity contribution in [2.45, 2.75) is 19.9 Å². The van der Waals surface area contributed by atoms with Gasteiger partial charge in [0.1, 0.15) is 5.82 Å². The maximum Gasteiger partial charge on any atom is 0.146 e. The molecule has 4 heteroatoms. The Labute approximate surface area is 113 Å². The molecule has 1 aliphatic rings. The zero-order valence-corrected chi connectivity index (χ0v) is 11.5. The maximum absolute atomic E-state index is 13.6. The van der Waals surface area contributed by atoms with Crippen LogP contribution >= 0.6 is 11.6 Å². The molecule has 1 fully saturated rings. The fourth-order valence-electron chi connectivity index (χ4n) is 2.46. The Morgan fingerprint density at radius 1 is 1.50 bits per heavy atom. The van der Waals surface area contributed by atoms with E-state index in [1.54, 1.807) is 18.2 Å². The molecule has 2 nitrogen and oxygen atoms in total. The predicted octanol–water partition coefficient (Wildman–Crippen LogP) is 2.91. The highest BCUT2D eigenvalue weighted by atomic mass is 35.5. The summed E-state index contributed by atoms with van der Waals surface area (Å²) in [7, 11) is 0. The van der Waals surface area contributed by atoms with Gasteiger partial charge in [0.05, 0.1) is 5.02 Å². The van der Waals surface area contributed by atoms with Crippen molar-refractivity contribution in [3.8, 4) is 0 Å². The monoisotopic (exact) mass is 270 g/mol. The van der Waals surface area contributed by atoms with Crippen molar-refractivity contribution >= 4 is 11.6 Å². The molecule has 1 aromatic carbocycles. The second-order valence-corrected chi connectivity index (χ2v) is 5.30. The van der Waals surface area contributed by atoms with Crippen LogP contribution in [-0.4, -0.2) is 31.1 Å². The largest absolute Gasteiger partial charge is 0.312 e. The first-order chi connectivity index (χ1) is 8.70. The minimum Gasteiger partial charge on any atom is -0.312 e. The number of halogens is 2. The van der Waals surface area contributed by atoms with E-state index in [0.717, 1.165) is 19.6 Å². The summed E-state index contributed by atoms with van der Waals surface area (Å²) in [5.74, 6) is 0.389. The number of hydrogen-bond donors (Lipinski definition) is 1. The van der Waals surface area contributed by atoms with Crippen LogP contribution in [-0.2, 0) is 6.54 Å². The van der Waals surface area contributed by atoms with Crippen LogP contribution in [0, 0.1) is 11.7 Å². The summed E-state index contributed by atoms with van der Waals surface area (Å²) in [4.78, 5) is 2.45. The molecule has 1 aliphatic heterocycles. The van der Waals surface area contributed by atoms with Gasteiger partial charge in [0.15, 0.2) is 0 Å². The summed E-state index contributed by atoms with van der Waals surface area (Å²) in [6.07, 6.45) is 1.23. The average molecular weight is 271 g/mol. The van der Waals surface area contributed by atoms with Gasteiger partial charge < -0.3 is 10.2 Å². The van der Waals surface area contributed by atoms with Gasteiger partial charge in [0.25, 0.3) is 0 Å². The Hall–Kier alpha value is -0.640. The Balaban J connectivity index is 1.77. The fraction of sp³-hybridized carbons (Fsp3) is 0.571. The summed E-state index contributed by atoms with van der Waals surface area (Å²) in [5.41, 5.74) is 0.646. The van der Waals surface area contributed by atoms with Crippen LogP contribution in [0.4, 0.5) is 4.39 Å². The highest BCUT2D eigenvalue weighted by molar-refractivity contribution is 6.30. The predicted molar refractivity (Wildman–Crippen MR) is 73.3 cm³/mol. The van der Waals surface area contributed by atoms with Crippen LogP contribution in [0.25, 0.3) is 0 Å². The van der Waals surface area contributed by atoms with Crippen molar-refractivity contribution < 1.29 is 4.39 Å². The first-order valence-electron chi connectivity index (χ1n) is 6.56. The van der Waals surface area contributed by atoms with Gasteiger partial charge in [-0.25, -0.2) is 4.39 Å². The molecule has 0 aromatic heterocycles. The van der Waals surface area contributed by atoms with Crippen LogP contribution in [0.3, 0.4) is 0 Å². The van der Waals surface area contributed by atoms with Gasteiger partial charge in [-0.2, -0.15) is 0 Å². The van der Waals surface area contributed by atoms with Gasteiger partial charge in [-0.15, -0.1) is 0 Å². The smallest absolute Gasteiger partial charge is 0.146 e. The van der Waals surface area contributed by atoms with E-state index in [2.05, 4.69) is 17.1 Å². The Kier molecular flexibility index (Phi) is 4.98. The number of likely N-dealkylation sites (tertiary alicyclic amines) is 1. The summed E-state index contributed by atoms with van der Waals surface area (Å²) >= 11 is 5.75. The molecule has 100 valence electrons. The van der Waals surface area contributed by atoms with E-state index in [0.29, 0.717) is 18.0 Å². The van der Waals surface area contributed by atoms with E-state index >= 15 is 0 Å². The molecular weight excluding hydrogens is 251 g/mol. The molecule has 0 aliphatic carbocycles. The van der Waals surface area contributed by atoms with E-state index < -0.39 is 0 Å². The molecule has 0 spiro atoms. The van der Waals surface area contributed by atoms with Gasteiger partial charge in [0, 0.05) is 18.7 Å². The molecule has 1 atom stereocenters. The van der Waals surface area contributed by atoms with E-state index in [1.807, 2.05) is 0 Å². The molecule has 0 bridgehead atoms.